The molecule has 1 fully saturated rings. The lowest BCUT2D eigenvalue weighted by Gasteiger charge is -2.29. The maximum absolute atomic E-state index is 12.4. The van der Waals surface area contributed by atoms with Crippen LogP contribution in [0.1, 0.15) is 29.4 Å². The number of nitrogens with zero attached hydrogens (tertiary/aromatic N) is 1. The van der Waals surface area contributed by atoms with Gasteiger partial charge in [0.2, 0.25) is 11.8 Å². The Morgan fingerprint density at radius 3 is 2.76 bits per heavy atom. The number of imide groups is 2. The minimum absolute atomic E-state index is 0.142. The predicted octanol–water partition coefficient (Wildman–Crippen LogP) is 1.53. The van der Waals surface area contributed by atoms with E-state index in [9.17, 15) is 19.2 Å². The highest BCUT2D eigenvalue weighted by molar-refractivity contribution is 7.12. The Morgan fingerprint density at radius 1 is 1.43 bits per heavy atom. The van der Waals surface area contributed by atoms with Crippen LogP contribution in [-0.4, -0.2) is 30.9 Å². The molecular formula is C13H14N2O5S. The quantitative estimate of drug-likeness (QED) is 0.672. The first-order chi connectivity index (χ1) is 10.0. The molecule has 1 saturated heterocycles. The number of esters is 1. The van der Waals surface area contributed by atoms with Crippen LogP contribution in [0, 0.1) is 5.92 Å². The molecule has 4 amide bonds. The van der Waals surface area contributed by atoms with Crippen LogP contribution in [-0.2, 0) is 14.3 Å². The molecular weight excluding hydrogens is 296 g/mol. The summed E-state index contributed by atoms with van der Waals surface area (Å²) in [6.45, 7) is 1.84. The second kappa shape index (κ2) is 6.04. The Kier molecular flexibility index (Phi) is 4.37. The summed E-state index contributed by atoms with van der Waals surface area (Å²) in [4.78, 5) is 48.7. The van der Waals surface area contributed by atoms with Crippen LogP contribution in [0.5, 0.6) is 0 Å². The van der Waals surface area contributed by atoms with E-state index in [0.717, 1.165) is 16.2 Å². The van der Waals surface area contributed by atoms with Crippen molar-refractivity contribution in [3.8, 4) is 0 Å². The molecule has 1 aromatic rings. The van der Waals surface area contributed by atoms with E-state index in [1.807, 2.05) is 6.92 Å². The van der Waals surface area contributed by atoms with Crippen molar-refractivity contribution in [2.45, 2.75) is 19.8 Å². The number of hydrogen-bond acceptors (Lipinski definition) is 6. The first-order valence-electron chi connectivity index (χ1n) is 6.35. The van der Waals surface area contributed by atoms with Gasteiger partial charge >= 0.3 is 12.0 Å². The van der Waals surface area contributed by atoms with Crippen molar-refractivity contribution in [3.63, 3.8) is 0 Å². The topological polar surface area (TPSA) is 92.8 Å². The molecule has 0 aliphatic carbocycles. The molecule has 8 heteroatoms. The summed E-state index contributed by atoms with van der Waals surface area (Å²) in [5.74, 6) is -2.77. The number of hydrogen-bond donors (Lipinski definition) is 1. The largest absolute Gasteiger partial charge is 0.465 e. The van der Waals surface area contributed by atoms with E-state index in [-0.39, 0.29) is 10.6 Å². The minimum Gasteiger partial charge on any atom is -0.465 e. The molecule has 1 aliphatic rings. The average Bonchev–Trinajstić information content (AvgIpc) is 2.91. The fourth-order valence-corrected chi connectivity index (χ4v) is 2.90. The second-order valence-electron chi connectivity index (χ2n) is 4.44. The van der Waals surface area contributed by atoms with Gasteiger partial charge in [-0.1, -0.05) is 13.3 Å². The van der Waals surface area contributed by atoms with Crippen molar-refractivity contribution < 1.29 is 23.9 Å². The summed E-state index contributed by atoms with van der Waals surface area (Å²) in [5.41, 5.74) is 0.142. The van der Waals surface area contributed by atoms with E-state index >= 15 is 0 Å². The van der Waals surface area contributed by atoms with E-state index < -0.39 is 29.7 Å². The van der Waals surface area contributed by atoms with Gasteiger partial charge in [-0.2, -0.15) is 0 Å². The molecule has 0 aromatic carbocycles. The van der Waals surface area contributed by atoms with Crippen LogP contribution in [0.3, 0.4) is 0 Å². The molecule has 1 N–H and O–H groups in total. The summed E-state index contributed by atoms with van der Waals surface area (Å²) in [6.07, 6.45) is 0.964. The Bertz CT molecular complexity index is 609. The summed E-state index contributed by atoms with van der Waals surface area (Å²) in [7, 11) is 1.22. The van der Waals surface area contributed by atoms with E-state index in [1.54, 1.807) is 5.38 Å². The number of rotatable bonds is 4. The highest BCUT2D eigenvalue weighted by atomic mass is 32.1. The number of amides is 4. The fourth-order valence-electron chi connectivity index (χ4n) is 2.11. The number of nitrogens with one attached hydrogen (secondary N) is 1. The minimum atomic E-state index is -0.918. The number of carbonyl (C=O) groups excluding carboxylic acids is 4. The smallest absolute Gasteiger partial charge is 0.350 e. The van der Waals surface area contributed by atoms with E-state index in [2.05, 4.69) is 10.1 Å². The average molecular weight is 310 g/mol. The maximum Gasteiger partial charge on any atom is 0.350 e. The van der Waals surface area contributed by atoms with Crippen molar-refractivity contribution in [2.75, 3.05) is 12.0 Å². The Labute approximate surface area is 124 Å². The maximum atomic E-state index is 12.4. The molecule has 1 atom stereocenters. The standard InChI is InChI=1S/C13H14N2O5S/c1-3-4-7-10(16)14-13(19)15(11(7)17)8-5-6-21-9(8)12(18)20-2/h5-7H,3-4H2,1-2H3,(H,14,16,19). The number of barbiturate groups is 1. The second-order valence-corrected chi connectivity index (χ2v) is 5.35. The zero-order valence-corrected chi connectivity index (χ0v) is 12.4. The first kappa shape index (κ1) is 15.2. The SMILES string of the molecule is CCCC1C(=O)NC(=O)N(c2ccsc2C(=O)OC)C1=O. The zero-order valence-electron chi connectivity index (χ0n) is 11.5. The monoisotopic (exact) mass is 310 g/mol. The zero-order chi connectivity index (χ0) is 15.6. The molecule has 1 aromatic heterocycles. The van der Waals surface area contributed by atoms with Gasteiger partial charge in [0.05, 0.1) is 12.8 Å². The van der Waals surface area contributed by atoms with Crippen LogP contribution in [0.2, 0.25) is 0 Å². The van der Waals surface area contributed by atoms with E-state index in [1.165, 1.54) is 13.2 Å². The molecule has 0 bridgehead atoms. The third-order valence-electron chi connectivity index (χ3n) is 3.10. The number of ether oxygens (including phenoxy) is 1. The fraction of sp³-hybridized carbons (Fsp3) is 0.385. The van der Waals surface area contributed by atoms with Gasteiger partial charge in [-0.25, -0.2) is 14.5 Å². The normalized spacial score (nSPS) is 18.7. The van der Waals surface area contributed by atoms with Crippen molar-refractivity contribution in [1.29, 1.82) is 0 Å². The lowest BCUT2D eigenvalue weighted by Crippen LogP contribution is -2.58. The summed E-state index contributed by atoms with van der Waals surface area (Å²) < 4.78 is 4.63. The molecule has 0 spiro atoms. The molecule has 2 heterocycles. The van der Waals surface area contributed by atoms with Crippen molar-refractivity contribution in [3.05, 3.63) is 16.3 Å². The van der Waals surface area contributed by atoms with Crippen molar-refractivity contribution in [1.82, 2.24) is 5.32 Å². The first-order valence-corrected chi connectivity index (χ1v) is 7.23. The highest BCUT2D eigenvalue weighted by Gasteiger charge is 2.42. The summed E-state index contributed by atoms with van der Waals surface area (Å²) >= 11 is 1.06. The van der Waals surface area contributed by atoms with Crippen LogP contribution >= 0.6 is 11.3 Å². The van der Waals surface area contributed by atoms with Gasteiger partial charge in [0.25, 0.3) is 0 Å². The van der Waals surface area contributed by atoms with Crippen molar-refractivity contribution in [2.24, 2.45) is 5.92 Å². The number of carbonyl (C=O) groups is 4. The molecule has 21 heavy (non-hydrogen) atoms. The summed E-state index contributed by atoms with van der Waals surface area (Å²) in [5, 5.41) is 3.72. The summed E-state index contributed by atoms with van der Waals surface area (Å²) in [6, 6.07) is 0.633. The van der Waals surface area contributed by atoms with Crippen LogP contribution in [0.15, 0.2) is 11.4 Å². The molecule has 2 rings (SSSR count). The molecule has 0 radical (unpaired) electrons. The molecule has 7 nitrogen and oxygen atoms in total. The molecule has 0 saturated carbocycles. The number of urea groups is 1. The third kappa shape index (κ3) is 2.66. The van der Waals surface area contributed by atoms with Gasteiger partial charge < -0.3 is 4.74 Å². The Morgan fingerprint density at radius 2 is 2.14 bits per heavy atom. The van der Waals surface area contributed by atoms with Crippen LogP contribution in [0.25, 0.3) is 0 Å². The molecule has 1 aliphatic heterocycles. The van der Waals surface area contributed by atoms with Crippen LogP contribution in [0.4, 0.5) is 10.5 Å². The lowest BCUT2D eigenvalue weighted by molar-refractivity contribution is -0.134. The lowest BCUT2D eigenvalue weighted by atomic mass is 9.99. The molecule has 1 unspecified atom stereocenters. The third-order valence-corrected chi connectivity index (χ3v) is 3.99. The molecule has 112 valence electrons. The van der Waals surface area contributed by atoms with Gasteiger partial charge in [-0.05, 0) is 17.9 Å². The Balaban J connectivity index is 2.40. The van der Waals surface area contributed by atoms with Gasteiger partial charge in [0, 0.05) is 0 Å². The van der Waals surface area contributed by atoms with Gasteiger partial charge in [-0.3, -0.25) is 14.9 Å². The number of thiophene rings is 1. The van der Waals surface area contributed by atoms with Gasteiger partial charge in [0.1, 0.15) is 10.8 Å². The highest BCUT2D eigenvalue weighted by Crippen LogP contribution is 2.30. The van der Waals surface area contributed by atoms with Crippen LogP contribution < -0.4 is 10.2 Å². The van der Waals surface area contributed by atoms with E-state index in [0.29, 0.717) is 12.8 Å². The van der Waals surface area contributed by atoms with Gasteiger partial charge in [0.15, 0.2) is 0 Å². The number of anilines is 1. The number of methoxy groups -OCH3 is 1. The van der Waals surface area contributed by atoms with Gasteiger partial charge in [-0.15, -0.1) is 11.3 Å². The Hall–Kier alpha value is -2.22. The predicted molar refractivity (Wildman–Crippen MR) is 75.1 cm³/mol. The van der Waals surface area contributed by atoms with Crippen molar-refractivity contribution >= 4 is 40.8 Å². The van der Waals surface area contributed by atoms with E-state index in [4.69, 9.17) is 0 Å².